The van der Waals surface area contributed by atoms with E-state index in [2.05, 4.69) is 44.9 Å². The number of ether oxygens (including phenoxy) is 2. The zero-order chi connectivity index (χ0) is 19.0. The van der Waals surface area contributed by atoms with Crippen LogP contribution in [0.15, 0.2) is 46.0 Å². The number of hydrogen-bond donors (Lipinski definition) is 0. The second-order valence-electron chi connectivity index (χ2n) is 6.59. The molecule has 142 valence electrons. The first-order valence-electron chi connectivity index (χ1n) is 9.04. The quantitative estimate of drug-likeness (QED) is 0.655. The first kappa shape index (κ1) is 18.6. The minimum absolute atomic E-state index is 0.0413. The monoisotopic (exact) mass is 447 g/mol. The summed E-state index contributed by atoms with van der Waals surface area (Å²) in [6, 6.07) is 10.1. The van der Waals surface area contributed by atoms with E-state index < -0.39 is 0 Å². The van der Waals surface area contributed by atoms with Crippen molar-refractivity contribution >= 4 is 32.9 Å². The normalized spacial score (nSPS) is 23.9. The van der Waals surface area contributed by atoms with Gasteiger partial charge in [-0.05, 0) is 36.8 Å². The Morgan fingerprint density at radius 2 is 2.15 bits per heavy atom. The van der Waals surface area contributed by atoms with Crippen molar-refractivity contribution in [1.82, 2.24) is 9.88 Å². The maximum atomic E-state index is 5.83. The molecule has 1 aromatic carbocycles. The highest BCUT2D eigenvalue weighted by molar-refractivity contribution is 9.10. The van der Waals surface area contributed by atoms with Gasteiger partial charge in [-0.3, -0.25) is 9.98 Å². The minimum Gasteiger partial charge on any atom is -0.493 e. The van der Waals surface area contributed by atoms with Gasteiger partial charge in [0.2, 0.25) is 0 Å². The smallest absolute Gasteiger partial charge is 0.161 e. The molecular weight excluding hydrogens is 426 g/mol. The van der Waals surface area contributed by atoms with E-state index in [1.165, 1.54) is 0 Å². The van der Waals surface area contributed by atoms with Crippen molar-refractivity contribution in [2.24, 2.45) is 4.99 Å². The maximum absolute atomic E-state index is 5.83. The standard InChI is InChI=1S/C20H22BrN3O2S/c1-4-26-17-9-13(14(21)10-16(17)25-3)19-18(15-7-5-6-8-22-15)23-20-24(19)11-12(2)27-20/h5-10,12,18-19H,4,11H2,1-3H3/t12-,18-,19-/m0/s1. The highest BCUT2D eigenvalue weighted by Gasteiger charge is 2.44. The lowest BCUT2D eigenvalue weighted by Gasteiger charge is -2.29. The van der Waals surface area contributed by atoms with Crippen molar-refractivity contribution in [3.05, 3.63) is 52.3 Å². The lowest BCUT2D eigenvalue weighted by atomic mass is 9.96. The van der Waals surface area contributed by atoms with Gasteiger partial charge in [-0.1, -0.05) is 40.7 Å². The van der Waals surface area contributed by atoms with Gasteiger partial charge < -0.3 is 14.4 Å². The first-order chi connectivity index (χ1) is 13.1. The van der Waals surface area contributed by atoms with Crippen LogP contribution in [0.5, 0.6) is 11.5 Å². The maximum Gasteiger partial charge on any atom is 0.161 e. The van der Waals surface area contributed by atoms with Crippen LogP contribution in [0, 0.1) is 0 Å². The fourth-order valence-corrected chi connectivity index (χ4v) is 5.31. The number of methoxy groups -OCH3 is 1. The van der Waals surface area contributed by atoms with Gasteiger partial charge in [-0.15, -0.1) is 0 Å². The molecule has 1 saturated heterocycles. The molecule has 1 aromatic heterocycles. The van der Waals surface area contributed by atoms with Gasteiger partial charge in [-0.2, -0.15) is 0 Å². The van der Waals surface area contributed by atoms with E-state index in [-0.39, 0.29) is 12.1 Å². The molecule has 7 heteroatoms. The average molecular weight is 448 g/mol. The summed E-state index contributed by atoms with van der Waals surface area (Å²) in [6.07, 6.45) is 1.83. The van der Waals surface area contributed by atoms with Gasteiger partial charge in [0.25, 0.3) is 0 Å². The van der Waals surface area contributed by atoms with Crippen LogP contribution in [0.3, 0.4) is 0 Å². The Labute approximate surface area is 172 Å². The summed E-state index contributed by atoms with van der Waals surface area (Å²) >= 11 is 5.59. The van der Waals surface area contributed by atoms with E-state index in [0.29, 0.717) is 11.9 Å². The summed E-state index contributed by atoms with van der Waals surface area (Å²) in [4.78, 5) is 12.0. The van der Waals surface area contributed by atoms with Crippen LogP contribution in [0.25, 0.3) is 0 Å². The minimum atomic E-state index is -0.0413. The zero-order valence-electron chi connectivity index (χ0n) is 15.6. The number of rotatable bonds is 5. The summed E-state index contributed by atoms with van der Waals surface area (Å²) in [5.74, 6) is 1.48. The van der Waals surface area contributed by atoms with E-state index in [1.54, 1.807) is 7.11 Å². The van der Waals surface area contributed by atoms with Crippen LogP contribution in [-0.2, 0) is 0 Å². The van der Waals surface area contributed by atoms with Crippen LogP contribution in [0.4, 0.5) is 0 Å². The molecule has 3 heterocycles. The van der Waals surface area contributed by atoms with Gasteiger partial charge in [0.05, 0.1) is 25.5 Å². The predicted molar refractivity (Wildman–Crippen MR) is 113 cm³/mol. The molecule has 2 aliphatic rings. The van der Waals surface area contributed by atoms with Gasteiger partial charge in [0, 0.05) is 22.5 Å². The summed E-state index contributed by atoms with van der Waals surface area (Å²) in [6.45, 7) is 5.78. The molecule has 3 atom stereocenters. The lowest BCUT2D eigenvalue weighted by molar-refractivity contribution is 0.301. The van der Waals surface area contributed by atoms with Crippen LogP contribution in [0.2, 0.25) is 0 Å². The molecule has 0 N–H and O–H groups in total. The molecule has 0 spiro atoms. The number of pyridine rings is 1. The molecule has 0 saturated carbocycles. The van der Waals surface area contributed by atoms with Crippen molar-refractivity contribution in [1.29, 1.82) is 0 Å². The average Bonchev–Trinajstić information content (AvgIpc) is 3.20. The molecule has 0 amide bonds. The fourth-order valence-electron chi connectivity index (χ4n) is 3.66. The Hall–Kier alpha value is -1.73. The summed E-state index contributed by atoms with van der Waals surface area (Å²) in [5.41, 5.74) is 2.13. The van der Waals surface area contributed by atoms with Crippen LogP contribution < -0.4 is 9.47 Å². The highest BCUT2D eigenvalue weighted by atomic mass is 79.9. The molecule has 27 heavy (non-hydrogen) atoms. The van der Waals surface area contributed by atoms with Crippen LogP contribution in [-0.4, -0.2) is 40.6 Å². The Kier molecular flexibility index (Phi) is 5.32. The van der Waals surface area contributed by atoms with E-state index in [1.807, 2.05) is 43.1 Å². The second-order valence-corrected chi connectivity index (χ2v) is 8.85. The van der Waals surface area contributed by atoms with E-state index >= 15 is 0 Å². The number of aromatic nitrogens is 1. The van der Waals surface area contributed by atoms with E-state index in [4.69, 9.17) is 14.5 Å². The molecule has 2 aromatic rings. The van der Waals surface area contributed by atoms with Crippen LogP contribution in [0.1, 0.15) is 37.2 Å². The van der Waals surface area contributed by atoms with Crippen molar-refractivity contribution in [3.63, 3.8) is 0 Å². The molecule has 1 fully saturated rings. The summed E-state index contributed by atoms with van der Waals surface area (Å²) in [7, 11) is 1.66. The molecular formula is C20H22BrN3O2S. The van der Waals surface area contributed by atoms with E-state index in [0.717, 1.165) is 38.9 Å². The fraction of sp³-hybridized carbons (Fsp3) is 0.400. The number of halogens is 1. The van der Waals surface area contributed by atoms with Crippen molar-refractivity contribution in [3.8, 4) is 11.5 Å². The largest absolute Gasteiger partial charge is 0.493 e. The van der Waals surface area contributed by atoms with Gasteiger partial charge in [0.1, 0.15) is 6.04 Å². The Morgan fingerprint density at radius 1 is 1.30 bits per heavy atom. The molecule has 0 unspecified atom stereocenters. The van der Waals surface area contributed by atoms with Crippen LogP contribution >= 0.6 is 27.7 Å². The predicted octanol–water partition coefficient (Wildman–Crippen LogP) is 4.84. The molecule has 5 nitrogen and oxygen atoms in total. The SMILES string of the molecule is CCOc1cc([C@H]2[C@H](c3ccccn3)N=C3S[C@@H](C)CN32)c(Br)cc1OC. The molecule has 4 rings (SSSR count). The highest BCUT2D eigenvalue weighted by Crippen LogP contribution is 2.50. The Balaban J connectivity index is 1.81. The summed E-state index contributed by atoms with van der Waals surface area (Å²) in [5, 5.41) is 1.63. The lowest BCUT2D eigenvalue weighted by Crippen LogP contribution is -2.28. The van der Waals surface area contributed by atoms with E-state index in [9.17, 15) is 0 Å². The second kappa shape index (κ2) is 7.72. The number of fused-ring (bicyclic) bond motifs is 1. The van der Waals surface area contributed by atoms with Crippen molar-refractivity contribution in [2.45, 2.75) is 31.2 Å². The topological polar surface area (TPSA) is 47.0 Å². The van der Waals surface area contributed by atoms with Gasteiger partial charge in [-0.25, -0.2) is 0 Å². The number of hydrogen-bond acceptors (Lipinski definition) is 6. The first-order valence-corrected chi connectivity index (χ1v) is 10.7. The van der Waals surface area contributed by atoms with Gasteiger partial charge in [0.15, 0.2) is 16.7 Å². The molecule has 2 aliphatic heterocycles. The molecule has 0 aliphatic carbocycles. The third kappa shape index (κ3) is 3.43. The van der Waals surface area contributed by atoms with Gasteiger partial charge >= 0.3 is 0 Å². The van der Waals surface area contributed by atoms with Crippen molar-refractivity contribution < 1.29 is 9.47 Å². The van der Waals surface area contributed by atoms with Crippen molar-refractivity contribution in [2.75, 3.05) is 20.3 Å². The number of thioether (sulfide) groups is 1. The zero-order valence-corrected chi connectivity index (χ0v) is 18.0. The number of nitrogens with zero attached hydrogens (tertiary/aromatic N) is 3. The third-order valence-corrected chi connectivity index (χ3v) is 6.57. The Morgan fingerprint density at radius 3 is 2.85 bits per heavy atom. The summed E-state index contributed by atoms with van der Waals surface area (Å²) < 4.78 is 12.3. The third-order valence-electron chi connectivity index (χ3n) is 4.78. The molecule has 0 radical (unpaired) electrons. The molecule has 0 bridgehead atoms. The number of aliphatic imine (C=N–C) groups is 1. The Bertz CT molecular complexity index is 862. The number of amidine groups is 1. The number of benzene rings is 1.